The lowest BCUT2D eigenvalue weighted by atomic mass is 9.93. The minimum atomic E-state index is -0.419. The summed E-state index contributed by atoms with van der Waals surface area (Å²) in [6, 6.07) is 0. The van der Waals surface area contributed by atoms with Crippen LogP contribution in [0.4, 0.5) is 4.79 Å². The van der Waals surface area contributed by atoms with Gasteiger partial charge in [0, 0.05) is 19.6 Å². The molecule has 3 atom stereocenters. The second-order valence-corrected chi connectivity index (χ2v) is 8.21. The molecule has 0 radical (unpaired) electrons. The molecule has 1 N–H and O–H groups in total. The smallest absolute Gasteiger partial charge is 0.410 e. The highest BCUT2D eigenvalue weighted by atomic mass is 16.6. The molecule has 1 amide bonds. The molecule has 128 valence electrons. The number of fused-ring (bicyclic) bond motifs is 2. The highest BCUT2D eigenvalue weighted by Crippen LogP contribution is 2.42. The molecule has 1 saturated carbocycles. The van der Waals surface area contributed by atoms with Gasteiger partial charge in [0.05, 0.1) is 0 Å². The predicted octanol–water partition coefficient (Wildman–Crippen LogP) is 3.36. The Labute approximate surface area is 139 Å². The van der Waals surface area contributed by atoms with E-state index in [0.717, 1.165) is 43.8 Å². The van der Waals surface area contributed by atoms with Gasteiger partial charge in [-0.25, -0.2) is 4.79 Å². The van der Waals surface area contributed by atoms with E-state index in [9.17, 15) is 4.79 Å². The fourth-order valence-corrected chi connectivity index (χ4v) is 3.91. The summed E-state index contributed by atoms with van der Waals surface area (Å²) in [4.78, 5) is 13.8. The molecule has 1 heterocycles. The minimum Gasteiger partial charge on any atom is -0.444 e. The lowest BCUT2D eigenvalue weighted by molar-refractivity contribution is 0.0265. The van der Waals surface area contributed by atoms with Crippen molar-refractivity contribution in [2.75, 3.05) is 26.2 Å². The zero-order valence-electron chi connectivity index (χ0n) is 14.7. The quantitative estimate of drug-likeness (QED) is 0.808. The highest BCUT2D eigenvalue weighted by Gasteiger charge is 2.35. The van der Waals surface area contributed by atoms with Crippen LogP contribution in [-0.4, -0.2) is 42.8 Å². The van der Waals surface area contributed by atoms with Crippen molar-refractivity contribution in [3.8, 4) is 0 Å². The third-order valence-electron chi connectivity index (χ3n) is 5.13. The van der Waals surface area contributed by atoms with E-state index in [4.69, 9.17) is 4.74 Å². The fraction of sp³-hybridized carbons (Fsp3) is 0.737. The first-order chi connectivity index (χ1) is 10.9. The van der Waals surface area contributed by atoms with Crippen molar-refractivity contribution < 1.29 is 9.53 Å². The molecule has 0 saturated heterocycles. The summed E-state index contributed by atoms with van der Waals surface area (Å²) >= 11 is 0. The Morgan fingerprint density at radius 3 is 2.74 bits per heavy atom. The van der Waals surface area contributed by atoms with E-state index in [1.807, 2.05) is 20.8 Å². The number of amides is 1. The van der Waals surface area contributed by atoms with Crippen molar-refractivity contribution in [3.05, 3.63) is 23.8 Å². The van der Waals surface area contributed by atoms with Gasteiger partial charge in [0.25, 0.3) is 0 Å². The average Bonchev–Trinajstić information content (AvgIpc) is 3.09. The fourth-order valence-electron chi connectivity index (χ4n) is 3.91. The Hall–Kier alpha value is -1.29. The molecule has 0 spiro atoms. The van der Waals surface area contributed by atoms with Gasteiger partial charge in [-0.3, -0.25) is 0 Å². The molecule has 3 aliphatic rings. The molecule has 0 aromatic heterocycles. The van der Waals surface area contributed by atoms with E-state index >= 15 is 0 Å². The van der Waals surface area contributed by atoms with Gasteiger partial charge in [0.1, 0.15) is 5.60 Å². The molecular weight excluding hydrogens is 288 g/mol. The topological polar surface area (TPSA) is 41.6 Å². The SMILES string of the molecule is CC(C)(C)OC(=O)N1CC=C(CNCC2CC3C=CC2C3)CC1. The Morgan fingerprint density at radius 1 is 1.35 bits per heavy atom. The number of carbonyl (C=O) groups is 1. The van der Waals surface area contributed by atoms with E-state index in [-0.39, 0.29) is 6.09 Å². The van der Waals surface area contributed by atoms with Gasteiger partial charge in [-0.1, -0.05) is 23.8 Å². The van der Waals surface area contributed by atoms with Gasteiger partial charge >= 0.3 is 6.09 Å². The summed E-state index contributed by atoms with van der Waals surface area (Å²) in [6.45, 7) is 9.24. The number of allylic oxidation sites excluding steroid dienone is 2. The van der Waals surface area contributed by atoms with Crippen molar-refractivity contribution in [1.82, 2.24) is 10.2 Å². The first-order valence-corrected chi connectivity index (χ1v) is 8.95. The molecule has 3 unspecified atom stereocenters. The first kappa shape index (κ1) is 16.6. The molecule has 1 aliphatic heterocycles. The Kier molecular flexibility index (Phi) is 4.81. The van der Waals surface area contributed by atoms with E-state index < -0.39 is 5.60 Å². The molecule has 2 bridgehead atoms. The number of ether oxygens (including phenoxy) is 1. The van der Waals surface area contributed by atoms with Crippen molar-refractivity contribution >= 4 is 6.09 Å². The second kappa shape index (κ2) is 6.68. The zero-order chi connectivity index (χ0) is 16.4. The van der Waals surface area contributed by atoms with Crippen LogP contribution in [0, 0.1) is 17.8 Å². The van der Waals surface area contributed by atoms with Gasteiger partial charge in [0.2, 0.25) is 0 Å². The molecule has 4 heteroatoms. The lowest BCUT2D eigenvalue weighted by Crippen LogP contribution is -2.40. The summed E-state index contributed by atoms with van der Waals surface area (Å²) in [5, 5.41) is 3.63. The number of carbonyl (C=O) groups excluding carboxylic acids is 1. The number of hydrogen-bond acceptors (Lipinski definition) is 3. The Bertz CT molecular complexity index is 504. The maximum atomic E-state index is 12.0. The van der Waals surface area contributed by atoms with Crippen LogP contribution >= 0.6 is 0 Å². The van der Waals surface area contributed by atoms with Crippen LogP contribution in [0.3, 0.4) is 0 Å². The van der Waals surface area contributed by atoms with Crippen LogP contribution in [0.5, 0.6) is 0 Å². The van der Waals surface area contributed by atoms with Gasteiger partial charge in [0.15, 0.2) is 0 Å². The van der Waals surface area contributed by atoms with Gasteiger partial charge in [-0.2, -0.15) is 0 Å². The lowest BCUT2D eigenvalue weighted by Gasteiger charge is -2.29. The molecule has 0 aromatic carbocycles. The molecule has 23 heavy (non-hydrogen) atoms. The average molecular weight is 318 g/mol. The van der Waals surface area contributed by atoms with Crippen LogP contribution in [0.2, 0.25) is 0 Å². The summed E-state index contributed by atoms with van der Waals surface area (Å²) in [6.07, 6.45) is 10.5. The molecule has 3 rings (SSSR count). The van der Waals surface area contributed by atoms with E-state index in [1.165, 1.54) is 18.4 Å². The number of rotatable bonds is 4. The van der Waals surface area contributed by atoms with Gasteiger partial charge < -0.3 is 15.0 Å². The monoisotopic (exact) mass is 318 g/mol. The maximum Gasteiger partial charge on any atom is 0.410 e. The van der Waals surface area contributed by atoms with Crippen molar-refractivity contribution in [2.24, 2.45) is 17.8 Å². The van der Waals surface area contributed by atoms with Crippen LogP contribution in [0.25, 0.3) is 0 Å². The molecule has 0 aromatic rings. The van der Waals surface area contributed by atoms with Crippen molar-refractivity contribution in [3.63, 3.8) is 0 Å². The van der Waals surface area contributed by atoms with E-state index in [1.54, 1.807) is 4.90 Å². The first-order valence-electron chi connectivity index (χ1n) is 8.95. The number of hydrogen-bond donors (Lipinski definition) is 1. The summed E-state index contributed by atoms with van der Waals surface area (Å²) in [5.41, 5.74) is 1.00. The largest absolute Gasteiger partial charge is 0.444 e. The van der Waals surface area contributed by atoms with Crippen molar-refractivity contribution in [2.45, 2.75) is 45.6 Å². The standard InChI is InChI=1S/C19H30N2O2/c1-19(2,3)23-18(22)21-8-6-14(7-9-21)12-20-13-17-11-15-4-5-16(17)10-15/h4-6,15-17,20H,7-13H2,1-3H3. The van der Waals surface area contributed by atoms with Crippen LogP contribution in [0.1, 0.15) is 40.0 Å². The molecule has 2 aliphatic carbocycles. The van der Waals surface area contributed by atoms with E-state index in [2.05, 4.69) is 23.5 Å². The third kappa shape index (κ3) is 4.37. The second-order valence-electron chi connectivity index (χ2n) is 8.21. The summed E-state index contributed by atoms with van der Waals surface area (Å²) in [5.74, 6) is 2.49. The van der Waals surface area contributed by atoms with Gasteiger partial charge in [-0.05, 0) is 64.3 Å². The van der Waals surface area contributed by atoms with Crippen LogP contribution in [-0.2, 0) is 4.74 Å². The summed E-state index contributed by atoms with van der Waals surface area (Å²) in [7, 11) is 0. The maximum absolute atomic E-state index is 12.0. The van der Waals surface area contributed by atoms with E-state index in [0.29, 0.717) is 6.54 Å². The zero-order valence-corrected chi connectivity index (χ0v) is 14.7. The highest BCUT2D eigenvalue weighted by molar-refractivity contribution is 5.68. The Balaban J connectivity index is 1.37. The van der Waals surface area contributed by atoms with Crippen LogP contribution < -0.4 is 5.32 Å². The Morgan fingerprint density at radius 2 is 2.17 bits per heavy atom. The summed E-state index contributed by atoms with van der Waals surface area (Å²) < 4.78 is 5.42. The molecule has 1 fully saturated rings. The van der Waals surface area contributed by atoms with Crippen molar-refractivity contribution in [1.29, 1.82) is 0 Å². The normalized spacial score (nSPS) is 29.8. The number of nitrogens with one attached hydrogen (secondary N) is 1. The van der Waals surface area contributed by atoms with Gasteiger partial charge in [-0.15, -0.1) is 0 Å². The molecule has 4 nitrogen and oxygen atoms in total. The third-order valence-corrected chi connectivity index (χ3v) is 5.13. The van der Waals surface area contributed by atoms with Crippen LogP contribution in [0.15, 0.2) is 23.8 Å². The predicted molar refractivity (Wildman–Crippen MR) is 92.2 cm³/mol. The molecular formula is C19H30N2O2. The minimum absolute atomic E-state index is 0.200. The number of nitrogens with zero attached hydrogens (tertiary/aromatic N) is 1.